The Bertz CT molecular complexity index is 1240. The molecule has 168 valence electrons. The van der Waals surface area contributed by atoms with Gasteiger partial charge in [0.2, 0.25) is 10.0 Å². The number of aryl methyl sites for hydroxylation is 1. The maximum atomic E-state index is 12.5. The van der Waals surface area contributed by atoms with Crippen molar-refractivity contribution < 1.29 is 21.6 Å². The Kier molecular flexibility index (Phi) is 7.64. The molecule has 1 heterocycles. The number of fused-ring (bicyclic) bond motifs is 1. The summed E-state index contributed by atoms with van der Waals surface area (Å²) in [5, 5.41) is 1.71. The third-order valence-corrected chi connectivity index (χ3v) is 7.45. The van der Waals surface area contributed by atoms with E-state index < -0.39 is 19.9 Å². The van der Waals surface area contributed by atoms with E-state index in [1.165, 1.54) is 18.4 Å². The van der Waals surface area contributed by atoms with Gasteiger partial charge in [-0.1, -0.05) is 11.6 Å². The quantitative estimate of drug-likeness (QED) is 0.405. The summed E-state index contributed by atoms with van der Waals surface area (Å²) in [6, 6.07) is 11.7. The van der Waals surface area contributed by atoms with Crippen LogP contribution in [0.3, 0.4) is 0 Å². The van der Waals surface area contributed by atoms with Crippen molar-refractivity contribution in [3.05, 3.63) is 59.2 Å². The van der Waals surface area contributed by atoms with E-state index in [1.807, 2.05) is 24.4 Å². The van der Waals surface area contributed by atoms with E-state index in [1.54, 1.807) is 12.1 Å². The maximum Gasteiger partial charge on any atom is 0.240 e. The van der Waals surface area contributed by atoms with E-state index in [9.17, 15) is 16.8 Å². The Hall–Kier alpha value is -2.07. The monoisotopic (exact) mass is 484 g/mol. The number of nitrogens with one attached hydrogen (secondary N) is 2. The fourth-order valence-electron chi connectivity index (χ4n) is 3.15. The van der Waals surface area contributed by atoms with Crippen molar-refractivity contribution in [1.82, 2.24) is 9.71 Å². The number of sulfonamides is 1. The first-order valence-electron chi connectivity index (χ1n) is 9.80. The second-order valence-corrected chi connectivity index (χ2v) is 11.8. The van der Waals surface area contributed by atoms with Gasteiger partial charge in [0.05, 0.1) is 17.3 Å². The van der Waals surface area contributed by atoms with Crippen LogP contribution in [0, 0.1) is 0 Å². The molecule has 0 radical (unpaired) electrons. The molecule has 0 fully saturated rings. The molecule has 0 aliphatic carbocycles. The molecule has 0 atom stereocenters. The number of sulfone groups is 1. The van der Waals surface area contributed by atoms with Crippen molar-refractivity contribution in [2.24, 2.45) is 0 Å². The summed E-state index contributed by atoms with van der Waals surface area (Å²) in [7, 11) is -6.64. The maximum absolute atomic E-state index is 12.5. The van der Waals surface area contributed by atoms with Crippen LogP contribution in [-0.4, -0.2) is 47.0 Å². The predicted molar refractivity (Wildman–Crippen MR) is 123 cm³/mol. The van der Waals surface area contributed by atoms with Crippen molar-refractivity contribution in [3.8, 4) is 5.75 Å². The van der Waals surface area contributed by atoms with Crippen LogP contribution in [0.1, 0.15) is 18.4 Å². The minimum absolute atomic E-state index is 0.0506. The van der Waals surface area contributed by atoms with E-state index in [-0.39, 0.29) is 17.3 Å². The number of rotatable bonds is 11. The van der Waals surface area contributed by atoms with Crippen LogP contribution in [0.2, 0.25) is 5.02 Å². The molecule has 0 aliphatic heterocycles. The van der Waals surface area contributed by atoms with Crippen LogP contribution in [-0.2, 0) is 26.3 Å². The average Bonchev–Trinajstić information content (AvgIpc) is 3.10. The number of ether oxygens (including phenoxy) is 1. The van der Waals surface area contributed by atoms with Crippen LogP contribution in [0.5, 0.6) is 5.75 Å². The molecule has 0 aliphatic rings. The Labute approximate surface area is 187 Å². The number of H-pyrrole nitrogens is 1. The first-order chi connectivity index (χ1) is 14.6. The normalized spacial score (nSPS) is 12.3. The van der Waals surface area contributed by atoms with Gasteiger partial charge in [-0.05, 0) is 67.3 Å². The SMILES string of the molecule is CS(=O)(=O)CCCOc1ccc(S(=O)(=O)NCCCc2c[nH]c3ccc(Cl)cc23)cc1. The van der Waals surface area contributed by atoms with Crippen LogP contribution in [0.15, 0.2) is 53.6 Å². The molecule has 0 saturated heterocycles. The first-order valence-corrected chi connectivity index (χ1v) is 13.7. The lowest BCUT2D eigenvalue weighted by Crippen LogP contribution is -2.25. The largest absolute Gasteiger partial charge is 0.494 e. The summed E-state index contributed by atoms with van der Waals surface area (Å²) in [5.41, 5.74) is 2.09. The third kappa shape index (κ3) is 6.96. The molecular formula is C21H25ClN2O5S2. The van der Waals surface area contributed by atoms with Gasteiger partial charge in [0.25, 0.3) is 0 Å². The lowest BCUT2D eigenvalue weighted by Gasteiger charge is -2.09. The fourth-order valence-corrected chi connectivity index (χ4v) is 5.04. The Morgan fingerprint density at radius 2 is 1.77 bits per heavy atom. The molecular weight excluding hydrogens is 460 g/mol. The summed E-state index contributed by atoms with van der Waals surface area (Å²) in [5.74, 6) is 0.542. The topological polar surface area (TPSA) is 105 Å². The minimum Gasteiger partial charge on any atom is -0.494 e. The van der Waals surface area contributed by atoms with E-state index in [0.717, 1.165) is 16.5 Å². The molecule has 31 heavy (non-hydrogen) atoms. The second-order valence-electron chi connectivity index (χ2n) is 7.31. The number of hydrogen-bond donors (Lipinski definition) is 2. The molecule has 0 unspecified atom stereocenters. The molecule has 3 rings (SSSR count). The number of benzene rings is 2. The average molecular weight is 485 g/mol. The minimum atomic E-state index is -3.63. The molecule has 0 spiro atoms. The summed E-state index contributed by atoms with van der Waals surface area (Å²) in [6.07, 6.45) is 4.83. The molecule has 0 amide bonds. The number of hydrogen-bond acceptors (Lipinski definition) is 5. The Morgan fingerprint density at radius 1 is 1.03 bits per heavy atom. The third-order valence-electron chi connectivity index (χ3n) is 4.71. The molecule has 1 aromatic heterocycles. The van der Waals surface area contributed by atoms with E-state index >= 15 is 0 Å². The van der Waals surface area contributed by atoms with Gasteiger partial charge in [-0.15, -0.1) is 0 Å². The van der Waals surface area contributed by atoms with Gasteiger partial charge in [0, 0.05) is 34.9 Å². The number of aromatic nitrogens is 1. The lowest BCUT2D eigenvalue weighted by molar-refractivity contribution is 0.317. The van der Waals surface area contributed by atoms with Gasteiger partial charge < -0.3 is 9.72 Å². The van der Waals surface area contributed by atoms with Crippen molar-refractivity contribution in [2.45, 2.75) is 24.2 Å². The van der Waals surface area contributed by atoms with Crippen molar-refractivity contribution >= 4 is 42.4 Å². The first kappa shape index (κ1) is 23.6. The van der Waals surface area contributed by atoms with Crippen LogP contribution in [0.25, 0.3) is 10.9 Å². The highest BCUT2D eigenvalue weighted by Crippen LogP contribution is 2.23. The smallest absolute Gasteiger partial charge is 0.240 e. The van der Waals surface area contributed by atoms with Gasteiger partial charge in [-0.3, -0.25) is 0 Å². The molecule has 0 saturated carbocycles. The van der Waals surface area contributed by atoms with Crippen molar-refractivity contribution in [2.75, 3.05) is 25.2 Å². The molecule has 7 nitrogen and oxygen atoms in total. The van der Waals surface area contributed by atoms with Crippen molar-refractivity contribution in [3.63, 3.8) is 0 Å². The van der Waals surface area contributed by atoms with Crippen LogP contribution in [0.4, 0.5) is 0 Å². The predicted octanol–water partition coefficient (Wildman–Crippen LogP) is 3.55. The van der Waals surface area contributed by atoms with E-state index in [4.69, 9.17) is 16.3 Å². The van der Waals surface area contributed by atoms with E-state index in [2.05, 4.69) is 9.71 Å². The number of halogens is 1. The highest BCUT2D eigenvalue weighted by molar-refractivity contribution is 7.90. The standard InChI is InChI=1S/C21H25ClN2O5S2/c1-30(25,26)13-3-12-29-18-6-8-19(9-7-18)31(27,28)24-11-2-4-16-15-23-21-10-5-17(22)14-20(16)21/h5-10,14-15,23-24H,2-4,11-13H2,1H3. The molecule has 2 N–H and O–H groups in total. The summed E-state index contributed by atoms with van der Waals surface area (Å²) < 4.78 is 55.3. The van der Waals surface area contributed by atoms with E-state index in [0.29, 0.717) is 36.6 Å². The Balaban J connectivity index is 1.48. The van der Waals surface area contributed by atoms with Gasteiger partial charge in [0.15, 0.2) is 0 Å². The van der Waals surface area contributed by atoms with Gasteiger partial charge in [-0.2, -0.15) is 0 Å². The molecule has 3 aromatic rings. The van der Waals surface area contributed by atoms with Gasteiger partial charge >= 0.3 is 0 Å². The lowest BCUT2D eigenvalue weighted by atomic mass is 10.1. The van der Waals surface area contributed by atoms with Gasteiger partial charge in [0.1, 0.15) is 15.6 Å². The molecule has 2 aromatic carbocycles. The van der Waals surface area contributed by atoms with Gasteiger partial charge in [-0.25, -0.2) is 21.6 Å². The van der Waals surface area contributed by atoms with Crippen LogP contribution < -0.4 is 9.46 Å². The highest BCUT2D eigenvalue weighted by Gasteiger charge is 2.14. The number of aromatic amines is 1. The molecule has 0 bridgehead atoms. The zero-order chi connectivity index (χ0) is 22.5. The zero-order valence-corrected chi connectivity index (χ0v) is 19.5. The fraction of sp³-hybridized carbons (Fsp3) is 0.333. The summed E-state index contributed by atoms with van der Waals surface area (Å²) in [4.78, 5) is 3.34. The second kappa shape index (κ2) is 10.0. The molecule has 10 heteroatoms. The summed E-state index contributed by atoms with van der Waals surface area (Å²) in [6.45, 7) is 0.551. The summed E-state index contributed by atoms with van der Waals surface area (Å²) >= 11 is 6.06. The van der Waals surface area contributed by atoms with Crippen LogP contribution >= 0.6 is 11.6 Å². The highest BCUT2D eigenvalue weighted by atomic mass is 35.5. The zero-order valence-electron chi connectivity index (χ0n) is 17.1. The van der Waals surface area contributed by atoms with Crippen molar-refractivity contribution in [1.29, 1.82) is 0 Å². The Morgan fingerprint density at radius 3 is 2.48 bits per heavy atom.